The van der Waals surface area contributed by atoms with Crippen LogP contribution >= 0.6 is 11.6 Å². The summed E-state index contributed by atoms with van der Waals surface area (Å²) in [6.07, 6.45) is 3.36. The van der Waals surface area contributed by atoms with Crippen molar-refractivity contribution in [1.29, 1.82) is 0 Å². The van der Waals surface area contributed by atoms with E-state index in [4.69, 9.17) is 11.6 Å². The van der Waals surface area contributed by atoms with Crippen LogP contribution in [0.3, 0.4) is 0 Å². The van der Waals surface area contributed by atoms with Crippen LogP contribution in [-0.2, 0) is 6.42 Å². The van der Waals surface area contributed by atoms with Crippen molar-refractivity contribution >= 4 is 33.1 Å². The molecule has 0 fully saturated rings. The zero-order valence-electron chi connectivity index (χ0n) is 10.9. The van der Waals surface area contributed by atoms with Crippen LogP contribution in [0.1, 0.15) is 18.4 Å². The summed E-state index contributed by atoms with van der Waals surface area (Å²) in [5.41, 5.74) is 1.44. The van der Waals surface area contributed by atoms with Crippen molar-refractivity contribution in [3.8, 4) is 0 Å². The van der Waals surface area contributed by atoms with E-state index in [-0.39, 0.29) is 0 Å². The summed E-state index contributed by atoms with van der Waals surface area (Å²) in [6, 6.07) is 19.8. The highest BCUT2D eigenvalue weighted by atomic mass is 35.5. The van der Waals surface area contributed by atoms with Crippen molar-refractivity contribution in [2.75, 3.05) is 5.88 Å². The summed E-state index contributed by atoms with van der Waals surface area (Å²) in [4.78, 5) is 0. The van der Waals surface area contributed by atoms with Crippen LogP contribution in [0.15, 0.2) is 54.6 Å². The molecule has 19 heavy (non-hydrogen) atoms. The predicted molar refractivity (Wildman–Crippen MR) is 85.1 cm³/mol. The van der Waals surface area contributed by atoms with Gasteiger partial charge in [-0.05, 0) is 58.5 Å². The molecule has 3 aromatic carbocycles. The summed E-state index contributed by atoms with van der Waals surface area (Å²) in [7, 11) is 0. The third-order valence-electron chi connectivity index (χ3n) is 3.67. The SMILES string of the molecule is ClCCCCc1cccc2cc3ccccc3cc12. The Bertz CT molecular complexity index is 700. The molecule has 3 rings (SSSR count). The van der Waals surface area contributed by atoms with Crippen LogP contribution in [0.5, 0.6) is 0 Å². The number of unbranched alkanes of at least 4 members (excludes halogenated alkanes) is 1. The van der Waals surface area contributed by atoms with Gasteiger partial charge in [-0.15, -0.1) is 11.6 Å². The summed E-state index contributed by atoms with van der Waals surface area (Å²) in [5, 5.41) is 5.35. The lowest BCUT2D eigenvalue weighted by Crippen LogP contribution is -1.89. The highest BCUT2D eigenvalue weighted by Crippen LogP contribution is 2.26. The van der Waals surface area contributed by atoms with Gasteiger partial charge in [-0.3, -0.25) is 0 Å². The molecule has 0 saturated heterocycles. The molecule has 0 radical (unpaired) electrons. The molecule has 1 heteroatoms. The standard InChI is InChI=1S/C18H17Cl/c19-11-4-3-6-14-9-5-10-17-12-15-7-1-2-8-16(15)13-18(14)17/h1-2,5,7-10,12-13H,3-4,6,11H2. The molecule has 96 valence electrons. The fourth-order valence-electron chi connectivity index (χ4n) is 2.66. The average Bonchev–Trinajstić information content (AvgIpc) is 2.46. The summed E-state index contributed by atoms with van der Waals surface area (Å²) >= 11 is 5.76. The molecule has 0 unspecified atom stereocenters. The molecule has 0 spiro atoms. The van der Waals surface area contributed by atoms with Crippen molar-refractivity contribution in [3.05, 3.63) is 60.2 Å². The molecule has 0 heterocycles. The smallest absolute Gasteiger partial charge is 0.0223 e. The largest absolute Gasteiger partial charge is 0.127 e. The van der Waals surface area contributed by atoms with Crippen LogP contribution in [0, 0.1) is 0 Å². The van der Waals surface area contributed by atoms with Crippen LogP contribution in [0.25, 0.3) is 21.5 Å². The van der Waals surface area contributed by atoms with Crippen molar-refractivity contribution < 1.29 is 0 Å². The van der Waals surface area contributed by atoms with Gasteiger partial charge in [0.25, 0.3) is 0 Å². The molecule has 0 aromatic heterocycles. The van der Waals surface area contributed by atoms with E-state index in [1.54, 1.807) is 0 Å². The van der Waals surface area contributed by atoms with Crippen LogP contribution in [0.4, 0.5) is 0 Å². The van der Waals surface area contributed by atoms with Crippen molar-refractivity contribution in [2.24, 2.45) is 0 Å². The summed E-state index contributed by atoms with van der Waals surface area (Å²) in [5.74, 6) is 0.758. The molecule has 3 aromatic rings. The van der Waals surface area contributed by atoms with Crippen molar-refractivity contribution in [2.45, 2.75) is 19.3 Å². The molecule has 0 amide bonds. The predicted octanol–water partition coefficient (Wildman–Crippen LogP) is 5.55. The lowest BCUT2D eigenvalue weighted by Gasteiger charge is -2.08. The first-order chi connectivity index (χ1) is 9.38. The molecule has 0 aliphatic heterocycles. The van der Waals surface area contributed by atoms with E-state index in [1.165, 1.54) is 27.1 Å². The second-order valence-electron chi connectivity index (χ2n) is 4.98. The van der Waals surface area contributed by atoms with Gasteiger partial charge < -0.3 is 0 Å². The van der Waals surface area contributed by atoms with Gasteiger partial charge in [-0.2, -0.15) is 0 Å². The fraction of sp³-hybridized carbons (Fsp3) is 0.222. The Hall–Kier alpha value is -1.53. The molecule has 0 bridgehead atoms. The Morgan fingerprint density at radius 2 is 1.47 bits per heavy atom. The lowest BCUT2D eigenvalue weighted by molar-refractivity contribution is 0.804. The topological polar surface area (TPSA) is 0 Å². The first-order valence-corrected chi connectivity index (χ1v) is 7.38. The third kappa shape index (κ3) is 2.59. The molecule has 0 aliphatic rings. The van der Waals surface area contributed by atoms with Gasteiger partial charge in [0, 0.05) is 5.88 Å². The summed E-state index contributed by atoms with van der Waals surface area (Å²) in [6.45, 7) is 0. The van der Waals surface area contributed by atoms with E-state index in [1.807, 2.05) is 0 Å². The van der Waals surface area contributed by atoms with E-state index in [9.17, 15) is 0 Å². The van der Waals surface area contributed by atoms with Gasteiger partial charge in [0.05, 0.1) is 0 Å². The highest BCUT2D eigenvalue weighted by Gasteiger charge is 2.03. The van der Waals surface area contributed by atoms with E-state index >= 15 is 0 Å². The van der Waals surface area contributed by atoms with Crippen LogP contribution in [-0.4, -0.2) is 5.88 Å². The van der Waals surface area contributed by atoms with E-state index < -0.39 is 0 Å². The molecule has 0 N–H and O–H groups in total. The average molecular weight is 269 g/mol. The van der Waals surface area contributed by atoms with Gasteiger partial charge >= 0.3 is 0 Å². The second kappa shape index (κ2) is 5.63. The minimum atomic E-state index is 0.758. The van der Waals surface area contributed by atoms with Crippen molar-refractivity contribution in [3.63, 3.8) is 0 Å². The number of rotatable bonds is 4. The Balaban J connectivity index is 2.09. The Morgan fingerprint density at radius 3 is 2.26 bits per heavy atom. The molecule has 0 aliphatic carbocycles. The number of alkyl halides is 1. The first kappa shape index (κ1) is 12.5. The molecule has 0 nitrogen and oxygen atoms in total. The molecular formula is C18H17Cl. The van der Waals surface area contributed by atoms with E-state index in [0.717, 1.165) is 25.1 Å². The van der Waals surface area contributed by atoms with E-state index in [2.05, 4.69) is 54.6 Å². The van der Waals surface area contributed by atoms with Crippen LogP contribution in [0.2, 0.25) is 0 Å². The highest BCUT2D eigenvalue weighted by molar-refractivity contribution is 6.17. The monoisotopic (exact) mass is 268 g/mol. The van der Waals surface area contributed by atoms with Gasteiger partial charge in [0.2, 0.25) is 0 Å². The first-order valence-electron chi connectivity index (χ1n) is 6.85. The Kier molecular flexibility index (Phi) is 3.70. The zero-order chi connectivity index (χ0) is 13.1. The third-order valence-corrected chi connectivity index (χ3v) is 3.93. The Morgan fingerprint density at radius 1 is 0.737 bits per heavy atom. The number of hydrogen-bond acceptors (Lipinski definition) is 0. The normalized spacial score (nSPS) is 11.2. The number of benzene rings is 3. The van der Waals surface area contributed by atoms with E-state index in [0.29, 0.717) is 0 Å². The number of fused-ring (bicyclic) bond motifs is 2. The quantitative estimate of drug-likeness (QED) is 0.330. The molecule has 0 saturated carbocycles. The molecule has 0 atom stereocenters. The van der Waals surface area contributed by atoms with Gasteiger partial charge in [0.1, 0.15) is 0 Å². The maximum absolute atomic E-state index is 5.76. The maximum Gasteiger partial charge on any atom is 0.0223 e. The van der Waals surface area contributed by atoms with Gasteiger partial charge in [-0.1, -0.05) is 42.5 Å². The summed E-state index contributed by atoms with van der Waals surface area (Å²) < 4.78 is 0. The van der Waals surface area contributed by atoms with Crippen LogP contribution < -0.4 is 0 Å². The number of aryl methyl sites for hydroxylation is 1. The van der Waals surface area contributed by atoms with Gasteiger partial charge in [0.15, 0.2) is 0 Å². The zero-order valence-corrected chi connectivity index (χ0v) is 11.7. The second-order valence-corrected chi connectivity index (χ2v) is 5.36. The Labute approximate surface area is 119 Å². The maximum atomic E-state index is 5.76. The minimum absolute atomic E-state index is 0.758. The fourth-order valence-corrected chi connectivity index (χ4v) is 2.85. The molecular weight excluding hydrogens is 252 g/mol. The number of halogens is 1. The van der Waals surface area contributed by atoms with Crippen molar-refractivity contribution in [1.82, 2.24) is 0 Å². The van der Waals surface area contributed by atoms with Gasteiger partial charge in [-0.25, -0.2) is 0 Å². The number of hydrogen-bond donors (Lipinski definition) is 0. The lowest BCUT2D eigenvalue weighted by atomic mass is 9.97. The minimum Gasteiger partial charge on any atom is -0.127 e.